The minimum Gasteiger partial charge on any atom is -0.487 e. The summed E-state index contributed by atoms with van der Waals surface area (Å²) in [7, 11) is 0. The van der Waals surface area contributed by atoms with Crippen LogP contribution in [-0.4, -0.2) is 32.9 Å². The summed E-state index contributed by atoms with van der Waals surface area (Å²) in [5, 5.41) is 11.2. The number of benzene rings is 2. The van der Waals surface area contributed by atoms with Gasteiger partial charge in [0.1, 0.15) is 23.1 Å². The van der Waals surface area contributed by atoms with E-state index in [4.69, 9.17) is 15.6 Å². The molecular formula is C27H26N2O5S. The SMILES string of the molecule is [2H]C(c1ccccc1OCc1csc(CC(=O)O)n1)N(C(=O)c1ccc(-c2ccco2)cc1)C(C)C. The molecule has 0 aliphatic carbocycles. The van der Waals surface area contributed by atoms with Gasteiger partial charge in [0.05, 0.1) is 19.7 Å². The van der Waals surface area contributed by atoms with E-state index >= 15 is 0 Å². The zero-order valence-electron chi connectivity index (χ0n) is 20.4. The van der Waals surface area contributed by atoms with Gasteiger partial charge in [0.2, 0.25) is 0 Å². The molecule has 2 heterocycles. The third-order valence-electron chi connectivity index (χ3n) is 5.20. The van der Waals surface area contributed by atoms with Gasteiger partial charge >= 0.3 is 5.97 Å². The normalized spacial score (nSPS) is 12.3. The number of furan rings is 1. The highest BCUT2D eigenvalue weighted by atomic mass is 32.1. The van der Waals surface area contributed by atoms with Crippen molar-refractivity contribution < 1.29 is 25.2 Å². The molecule has 0 aliphatic rings. The first-order valence-electron chi connectivity index (χ1n) is 11.7. The van der Waals surface area contributed by atoms with Crippen molar-refractivity contribution in [2.75, 3.05) is 0 Å². The Morgan fingerprint density at radius 1 is 1.14 bits per heavy atom. The number of thiazole rings is 1. The Morgan fingerprint density at radius 3 is 2.60 bits per heavy atom. The van der Waals surface area contributed by atoms with Crippen LogP contribution in [0.4, 0.5) is 0 Å². The lowest BCUT2D eigenvalue weighted by Gasteiger charge is -2.28. The minimum absolute atomic E-state index is 0.129. The maximum atomic E-state index is 13.5. The number of carbonyl (C=O) groups excluding carboxylic acids is 1. The second-order valence-electron chi connectivity index (χ2n) is 8.12. The zero-order valence-corrected chi connectivity index (χ0v) is 20.2. The van der Waals surface area contributed by atoms with E-state index in [9.17, 15) is 9.59 Å². The summed E-state index contributed by atoms with van der Waals surface area (Å²) in [6, 6.07) is 17.7. The van der Waals surface area contributed by atoms with E-state index in [1.54, 1.807) is 48.0 Å². The Labute approximate surface area is 209 Å². The van der Waals surface area contributed by atoms with Crippen molar-refractivity contribution in [1.82, 2.24) is 9.88 Å². The molecule has 7 nitrogen and oxygen atoms in total. The fraction of sp³-hybridized carbons (Fsp3) is 0.222. The highest BCUT2D eigenvalue weighted by Crippen LogP contribution is 2.25. The molecule has 0 saturated heterocycles. The first kappa shape index (κ1) is 22.9. The highest BCUT2D eigenvalue weighted by molar-refractivity contribution is 7.09. The second kappa shape index (κ2) is 11.0. The summed E-state index contributed by atoms with van der Waals surface area (Å²) in [6.07, 6.45) is 1.46. The second-order valence-corrected chi connectivity index (χ2v) is 9.06. The van der Waals surface area contributed by atoms with Crippen molar-refractivity contribution >= 4 is 23.2 Å². The van der Waals surface area contributed by atoms with Gasteiger partial charge in [-0.2, -0.15) is 0 Å². The molecule has 0 aliphatic heterocycles. The van der Waals surface area contributed by atoms with Gasteiger partial charge in [0.25, 0.3) is 5.91 Å². The molecule has 4 aromatic rings. The van der Waals surface area contributed by atoms with Crippen molar-refractivity contribution in [2.45, 2.75) is 39.4 Å². The first-order valence-corrected chi connectivity index (χ1v) is 12.0. The fourth-order valence-electron chi connectivity index (χ4n) is 3.46. The van der Waals surface area contributed by atoms with Crippen molar-refractivity contribution in [3.63, 3.8) is 0 Å². The minimum atomic E-state index is -1.00. The van der Waals surface area contributed by atoms with Crippen LogP contribution in [0.5, 0.6) is 5.75 Å². The molecule has 0 saturated carbocycles. The standard InChI is InChI=1S/C27H26N2O5S/c1-18(2)29(27(32)20-11-9-19(10-12-20)23-8-5-13-33-23)15-21-6-3-4-7-24(21)34-16-22-17-35-25(28-22)14-26(30)31/h3-13,17-18H,14-16H2,1-2H3,(H,30,31)/i15D. The van der Waals surface area contributed by atoms with Crippen LogP contribution in [0.15, 0.2) is 76.7 Å². The molecule has 1 amide bonds. The molecule has 8 heteroatoms. The number of carbonyl (C=O) groups is 2. The quantitative estimate of drug-likeness (QED) is 0.308. The van der Waals surface area contributed by atoms with Crippen LogP contribution in [-0.2, 0) is 24.3 Å². The molecule has 0 fully saturated rings. The maximum absolute atomic E-state index is 13.5. The predicted molar refractivity (Wildman–Crippen MR) is 133 cm³/mol. The summed E-state index contributed by atoms with van der Waals surface area (Å²) < 4.78 is 20.4. The highest BCUT2D eigenvalue weighted by Gasteiger charge is 2.21. The molecule has 35 heavy (non-hydrogen) atoms. The van der Waals surface area contributed by atoms with Crippen molar-refractivity contribution in [1.29, 1.82) is 0 Å². The Balaban J connectivity index is 1.52. The number of nitrogens with zero attached hydrogens (tertiary/aromatic N) is 2. The number of rotatable bonds is 10. The van der Waals surface area contributed by atoms with Crippen LogP contribution in [0.1, 0.15) is 41.8 Å². The Hall–Kier alpha value is -3.91. The Bertz CT molecular complexity index is 1320. The van der Waals surface area contributed by atoms with Crippen LogP contribution < -0.4 is 4.74 Å². The smallest absolute Gasteiger partial charge is 0.310 e. The zero-order chi connectivity index (χ0) is 25.7. The number of amides is 1. The summed E-state index contributed by atoms with van der Waals surface area (Å²) in [5.74, 6) is -0.0110. The molecule has 0 radical (unpaired) electrons. The van der Waals surface area contributed by atoms with Crippen molar-refractivity contribution in [3.05, 3.63) is 94.1 Å². The average molecular weight is 492 g/mol. The van der Waals surface area contributed by atoms with Crippen LogP contribution in [0.3, 0.4) is 0 Å². The Kier molecular flexibility index (Phi) is 7.19. The molecule has 1 N–H and O–H groups in total. The van der Waals surface area contributed by atoms with Gasteiger partial charge in [-0.25, -0.2) is 4.98 Å². The van der Waals surface area contributed by atoms with Crippen LogP contribution in [0.25, 0.3) is 11.3 Å². The van der Waals surface area contributed by atoms with Gasteiger partial charge in [0.15, 0.2) is 0 Å². The molecule has 2 aromatic carbocycles. The number of para-hydroxylation sites is 1. The summed E-state index contributed by atoms with van der Waals surface area (Å²) in [4.78, 5) is 30.2. The van der Waals surface area contributed by atoms with Gasteiger partial charge < -0.3 is 19.2 Å². The topological polar surface area (TPSA) is 92.9 Å². The monoisotopic (exact) mass is 491 g/mol. The van der Waals surface area contributed by atoms with E-state index in [0.29, 0.717) is 33.3 Å². The maximum Gasteiger partial charge on any atom is 0.310 e. The third-order valence-corrected chi connectivity index (χ3v) is 6.10. The summed E-state index contributed by atoms with van der Waals surface area (Å²) >= 11 is 1.27. The predicted octanol–water partition coefficient (Wildman–Crippen LogP) is 5.66. The number of carboxylic acid groups (broad SMARTS) is 1. The lowest BCUT2D eigenvalue weighted by molar-refractivity contribution is -0.136. The van der Waals surface area contributed by atoms with E-state index in [1.165, 1.54) is 16.2 Å². The van der Waals surface area contributed by atoms with Gasteiger partial charge in [0, 0.05) is 34.6 Å². The lowest BCUT2D eigenvalue weighted by atomic mass is 10.1. The van der Waals surface area contributed by atoms with Gasteiger partial charge in [-0.3, -0.25) is 9.59 Å². The van der Waals surface area contributed by atoms with Crippen molar-refractivity contribution in [2.24, 2.45) is 0 Å². The fourth-order valence-corrected chi connectivity index (χ4v) is 4.23. The molecule has 180 valence electrons. The van der Waals surface area contributed by atoms with E-state index in [2.05, 4.69) is 4.98 Å². The van der Waals surface area contributed by atoms with Crippen LogP contribution in [0.2, 0.25) is 0 Å². The van der Waals surface area contributed by atoms with E-state index in [0.717, 1.165) is 5.56 Å². The molecule has 1 atom stereocenters. The van der Waals surface area contributed by atoms with E-state index < -0.39 is 12.5 Å². The average Bonchev–Trinajstić information content (AvgIpc) is 3.55. The lowest BCUT2D eigenvalue weighted by Crippen LogP contribution is -2.36. The third kappa shape index (κ3) is 6.16. The van der Waals surface area contributed by atoms with Gasteiger partial charge in [-0.15, -0.1) is 11.3 Å². The number of aliphatic carboxylic acids is 1. The number of carboxylic acids is 1. The van der Waals surface area contributed by atoms with E-state index in [1.807, 2.05) is 38.1 Å². The molecule has 0 spiro atoms. The first-order chi connectivity index (χ1) is 17.3. The summed E-state index contributed by atoms with van der Waals surface area (Å²) in [6.45, 7) is 2.87. The number of hydrogen-bond donors (Lipinski definition) is 1. The number of ether oxygens (including phenoxy) is 1. The molecule has 1 unspecified atom stereocenters. The molecule has 0 bridgehead atoms. The molecule has 4 rings (SSSR count). The van der Waals surface area contributed by atoms with Gasteiger partial charge in [-0.1, -0.05) is 30.3 Å². The van der Waals surface area contributed by atoms with Crippen molar-refractivity contribution in [3.8, 4) is 17.1 Å². The molecule has 2 aromatic heterocycles. The number of hydrogen-bond acceptors (Lipinski definition) is 6. The van der Waals surface area contributed by atoms with Gasteiger partial charge in [-0.05, 0) is 44.2 Å². The molecular weight excluding hydrogens is 464 g/mol. The van der Waals surface area contributed by atoms with Crippen LogP contribution >= 0.6 is 11.3 Å². The van der Waals surface area contributed by atoms with Crippen LogP contribution in [0, 0.1) is 0 Å². The largest absolute Gasteiger partial charge is 0.487 e. The van der Waals surface area contributed by atoms with E-state index in [-0.39, 0.29) is 25.0 Å². The summed E-state index contributed by atoms with van der Waals surface area (Å²) in [5.41, 5.74) is 2.50. The Morgan fingerprint density at radius 2 is 1.91 bits per heavy atom. The number of aromatic nitrogens is 1.